The Morgan fingerprint density at radius 2 is 2.00 bits per heavy atom. The Kier molecular flexibility index (Phi) is 3.73. The lowest BCUT2D eigenvalue weighted by Gasteiger charge is -2.43. The number of rotatable bonds is 3. The second kappa shape index (κ2) is 5.49. The zero-order chi connectivity index (χ0) is 13.2. The van der Waals surface area contributed by atoms with Gasteiger partial charge < -0.3 is 14.6 Å². The summed E-state index contributed by atoms with van der Waals surface area (Å²) in [7, 11) is 1.91. The highest BCUT2D eigenvalue weighted by Crippen LogP contribution is 2.37. The second-order valence-corrected chi connectivity index (χ2v) is 5.88. The molecule has 5 nitrogen and oxygen atoms in total. The van der Waals surface area contributed by atoms with Gasteiger partial charge in [0.2, 0.25) is 5.89 Å². The van der Waals surface area contributed by atoms with E-state index in [1.165, 1.54) is 38.5 Å². The molecule has 1 aliphatic carbocycles. The maximum absolute atomic E-state index is 5.87. The van der Waals surface area contributed by atoms with Crippen LogP contribution in [0.25, 0.3) is 0 Å². The summed E-state index contributed by atoms with van der Waals surface area (Å²) >= 11 is 0. The largest absolute Gasteiger partial charge is 0.406 e. The van der Waals surface area contributed by atoms with Gasteiger partial charge in [-0.15, -0.1) is 5.10 Å². The smallest absolute Gasteiger partial charge is 0.318 e. The SMILES string of the molecule is CNC(C)c1nnc(N2CCCC3CCCCC32)o1. The molecule has 2 heterocycles. The van der Waals surface area contributed by atoms with Crippen molar-refractivity contribution in [2.24, 2.45) is 5.92 Å². The first-order valence-corrected chi connectivity index (χ1v) is 7.57. The van der Waals surface area contributed by atoms with Gasteiger partial charge in [0.15, 0.2) is 0 Å². The van der Waals surface area contributed by atoms with E-state index in [0.29, 0.717) is 11.9 Å². The summed E-state index contributed by atoms with van der Waals surface area (Å²) in [4.78, 5) is 2.37. The Balaban J connectivity index is 1.78. The zero-order valence-electron chi connectivity index (χ0n) is 11.9. The second-order valence-electron chi connectivity index (χ2n) is 5.88. The summed E-state index contributed by atoms with van der Waals surface area (Å²) in [6, 6.07) is 1.47. The molecule has 1 saturated heterocycles. The van der Waals surface area contributed by atoms with Gasteiger partial charge in [-0.1, -0.05) is 17.9 Å². The normalized spacial score (nSPS) is 29.1. The van der Waals surface area contributed by atoms with E-state index in [4.69, 9.17) is 4.42 Å². The van der Waals surface area contributed by atoms with E-state index in [0.717, 1.165) is 18.5 Å². The summed E-state index contributed by atoms with van der Waals surface area (Å²) in [6.45, 7) is 3.10. The van der Waals surface area contributed by atoms with Crippen LogP contribution in [0.1, 0.15) is 57.4 Å². The van der Waals surface area contributed by atoms with Gasteiger partial charge in [0.1, 0.15) is 0 Å². The van der Waals surface area contributed by atoms with Gasteiger partial charge in [-0.05, 0) is 45.6 Å². The van der Waals surface area contributed by atoms with Gasteiger partial charge in [0.25, 0.3) is 0 Å². The van der Waals surface area contributed by atoms with Gasteiger partial charge in [-0.3, -0.25) is 0 Å². The van der Waals surface area contributed by atoms with E-state index in [1.807, 2.05) is 14.0 Å². The van der Waals surface area contributed by atoms with Crippen molar-refractivity contribution in [1.82, 2.24) is 15.5 Å². The van der Waals surface area contributed by atoms with Crippen molar-refractivity contribution in [3.63, 3.8) is 0 Å². The van der Waals surface area contributed by atoms with Gasteiger partial charge in [-0.2, -0.15) is 0 Å². The molecule has 3 atom stereocenters. The zero-order valence-corrected chi connectivity index (χ0v) is 11.9. The minimum Gasteiger partial charge on any atom is -0.406 e. The lowest BCUT2D eigenvalue weighted by atomic mass is 9.78. The summed E-state index contributed by atoms with van der Waals surface area (Å²) in [5, 5.41) is 11.6. The highest BCUT2D eigenvalue weighted by molar-refractivity contribution is 5.29. The molecule has 0 spiro atoms. The van der Waals surface area contributed by atoms with Crippen molar-refractivity contribution in [3.8, 4) is 0 Å². The highest BCUT2D eigenvalue weighted by Gasteiger charge is 2.35. The molecule has 2 aliphatic rings. The van der Waals surface area contributed by atoms with E-state index in [1.54, 1.807) is 0 Å². The number of anilines is 1. The number of fused-ring (bicyclic) bond motifs is 1. The Bertz CT molecular complexity index is 417. The molecule has 0 bridgehead atoms. The third-order valence-electron chi connectivity index (χ3n) is 4.72. The molecule has 0 radical (unpaired) electrons. The molecule has 1 aromatic heterocycles. The minimum atomic E-state index is 0.119. The standard InChI is InChI=1S/C14H24N4O/c1-10(15-2)13-16-17-14(19-13)18-9-5-7-11-6-3-4-8-12(11)18/h10-12,15H,3-9H2,1-2H3. The molecule has 1 N–H and O–H groups in total. The van der Waals surface area contributed by atoms with E-state index >= 15 is 0 Å². The quantitative estimate of drug-likeness (QED) is 0.909. The van der Waals surface area contributed by atoms with Crippen molar-refractivity contribution in [3.05, 3.63) is 5.89 Å². The number of nitrogens with zero attached hydrogens (tertiary/aromatic N) is 3. The van der Waals surface area contributed by atoms with E-state index < -0.39 is 0 Å². The fourth-order valence-electron chi connectivity index (χ4n) is 3.50. The summed E-state index contributed by atoms with van der Waals surface area (Å²) in [6.07, 6.45) is 8.00. The number of hydrogen-bond acceptors (Lipinski definition) is 5. The van der Waals surface area contributed by atoms with Gasteiger partial charge >= 0.3 is 6.01 Å². The van der Waals surface area contributed by atoms with Crippen molar-refractivity contribution in [1.29, 1.82) is 0 Å². The van der Waals surface area contributed by atoms with Crippen molar-refractivity contribution < 1.29 is 4.42 Å². The molecule has 1 aromatic rings. The molecule has 1 aliphatic heterocycles. The summed E-state index contributed by atoms with van der Waals surface area (Å²) < 4.78 is 5.87. The fourth-order valence-corrected chi connectivity index (χ4v) is 3.50. The van der Waals surface area contributed by atoms with Gasteiger partial charge in [-0.25, -0.2) is 0 Å². The molecule has 5 heteroatoms. The Morgan fingerprint density at radius 1 is 1.21 bits per heavy atom. The van der Waals surface area contributed by atoms with Crippen LogP contribution in [0.15, 0.2) is 4.42 Å². The van der Waals surface area contributed by atoms with Crippen LogP contribution in [0.3, 0.4) is 0 Å². The van der Waals surface area contributed by atoms with Crippen LogP contribution in [0, 0.1) is 5.92 Å². The molecule has 2 fully saturated rings. The maximum Gasteiger partial charge on any atom is 0.318 e. The fraction of sp³-hybridized carbons (Fsp3) is 0.857. The first-order valence-electron chi connectivity index (χ1n) is 7.57. The molecule has 3 unspecified atom stereocenters. The number of piperidine rings is 1. The molecular formula is C14H24N4O. The number of aromatic nitrogens is 2. The predicted octanol–water partition coefficient (Wildman–Crippen LogP) is 2.51. The Labute approximate surface area is 114 Å². The molecule has 106 valence electrons. The molecule has 0 amide bonds. The van der Waals surface area contributed by atoms with Crippen LogP contribution in [-0.4, -0.2) is 29.8 Å². The van der Waals surface area contributed by atoms with E-state index in [9.17, 15) is 0 Å². The van der Waals surface area contributed by atoms with Crippen molar-refractivity contribution in [2.75, 3.05) is 18.5 Å². The van der Waals surface area contributed by atoms with E-state index in [-0.39, 0.29) is 6.04 Å². The third-order valence-corrected chi connectivity index (χ3v) is 4.72. The first-order chi connectivity index (χ1) is 9.29. The average Bonchev–Trinajstić information content (AvgIpc) is 2.95. The lowest BCUT2D eigenvalue weighted by Crippen LogP contribution is -2.47. The van der Waals surface area contributed by atoms with Crippen LogP contribution in [-0.2, 0) is 0 Å². The summed E-state index contributed by atoms with van der Waals surface area (Å²) in [5.74, 6) is 1.52. The van der Waals surface area contributed by atoms with Crippen LogP contribution in [0.5, 0.6) is 0 Å². The van der Waals surface area contributed by atoms with Gasteiger partial charge in [0.05, 0.1) is 6.04 Å². The highest BCUT2D eigenvalue weighted by atomic mass is 16.4. The molecule has 1 saturated carbocycles. The summed E-state index contributed by atoms with van der Waals surface area (Å²) in [5.41, 5.74) is 0. The van der Waals surface area contributed by atoms with Crippen LogP contribution in [0.4, 0.5) is 6.01 Å². The molecule has 19 heavy (non-hydrogen) atoms. The maximum atomic E-state index is 5.87. The number of nitrogens with one attached hydrogen (secondary N) is 1. The predicted molar refractivity (Wildman–Crippen MR) is 74.1 cm³/mol. The first kappa shape index (κ1) is 12.9. The average molecular weight is 264 g/mol. The monoisotopic (exact) mass is 264 g/mol. The Morgan fingerprint density at radius 3 is 2.84 bits per heavy atom. The Hall–Kier alpha value is -1.10. The van der Waals surface area contributed by atoms with Crippen LogP contribution >= 0.6 is 0 Å². The van der Waals surface area contributed by atoms with Crippen LogP contribution in [0.2, 0.25) is 0 Å². The molecule has 3 rings (SSSR count). The van der Waals surface area contributed by atoms with E-state index in [2.05, 4.69) is 20.4 Å². The van der Waals surface area contributed by atoms with Crippen molar-refractivity contribution >= 4 is 6.01 Å². The topological polar surface area (TPSA) is 54.2 Å². The third kappa shape index (κ3) is 2.48. The minimum absolute atomic E-state index is 0.119. The molecule has 0 aromatic carbocycles. The van der Waals surface area contributed by atoms with Gasteiger partial charge in [0, 0.05) is 12.6 Å². The van der Waals surface area contributed by atoms with Crippen molar-refractivity contribution in [2.45, 2.75) is 57.5 Å². The number of hydrogen-bond donors (Lipinski definition) is 1. The lowest BCUT2D eigenvalue weighted by molar-refractivity contribution is 0.233. The van der Waals surface area contributed by atoms with Crippen LogP contribution < -0.4 is 10.2 Å². The molecular weight excluding hydrogens is 240 g/mol.